The Morgan fingerprint density at radius 1 is 1.38 bits per heavy atom. The Balaban J connectivity index is 3.01. The standard InChI is InChI=1S/C13H19NO2/c1-3-6-14(7-8-15)13-5-4-11(2)9-12(13)10-16/h3-5,9,15-16H,1,6-8,10H2,2H3. The third kappa shape index (κ3) is 3.08. The van der Waals surface area contributed by atoms with Gasteiger partial charge in [-0.1, -0.05) is 23.8 Å². The summed E-state index contributed by atoms with van der Waals surface area (Å²) in [5.74, 6) is 0. The zero-order chi connectivity index (χ0) is 12.0. The molecular formula is C13H19NO2. The van der Waals surface area contributed by atoms with Crippen molar-refractivity contribution in [3.8, 4) is 0 Å². The van der Waals surface area contributed by atoms with Crippen molar-refractivity contribution >= 4 is 5.69 Å². The molecule has 0 aliphatic carbocycles. The first-order valence-electron chi connectivity index (χ1n) is 5.40. The van der Waals surface area contributed by atoms with Crippen LogP contribution in [0.1, 0.15) is 11.1 Å². The van der Waals surface area contributed by atoms with Gasteiger partial charge in [0.15, 0.2) is 0 Å². The van der Waals surface area contributed by atoms with E-state index < -0.39 is 0 Å². The van der Waals surface area contributed by atoms with Crippen LogP contribution in [-0.4, -0.2) is 29.9 Å². The molecule has 0 aliphatic rings. The second-order valence-electron chi connectivity index (χ2n) is 3.75. The summed E-state index contributed by atoms with van der Waals surface area (Å²) in [4.78, 5) is 2.00. The van der Waals surface area contributed by atoms with E-state index in [1.807, 2.05) is 30.0 Å². The van der Waals surface area contributed by atoms with Crippen LogP contribution in [0.3, 0.4) is 0 Å². The molecule has 0 radical (unpaired) electrons. The molecule has 0 heterocycles. The minimum absolute atomic E-state index is 0.0100. The molecule has 0 amide bonds. The highest BCUT2D eigenvalue weighted by molar-refractivity contribution is 5.55. The van der Waals surface area contributed by atoms with Crippen molar-refractivity contribution in [2.45, 2.75) is 13.5 Å². The van der Waals surface area contributed by atoms with Crippen molar-refractivity contribution in [1.82, 2.24) is 0 Å². The first-order valence-corrected chi connectivity index (χ1v) is 5.40. The summed E-state index contributed by atoms with van der Waals surface area (Å²) < 4.78 is 0. The monoisotopic (exact) mass is 221 g/mol. The highest BCUT2D eigenvalue weighted by Gasteiger charge is 2.09. The summed E-state index contributed by atoms with van der Waals surface area (Å²) in [6.07, 6.45) is 1.79. The Kier molecular flexibility index (Phi) is 5.02. The quantitative estimate of drug-likeness (QED) is 0.715. The van der Waals surface area contributed by atoms with E-state index >= 15 is 0 Å². The van der Waals surface area contributed by atoms with Crippen molar-refractivity contribution < 1.29 is 10.2 Å². The van der Waals surface area contributed by atoms with E-state index in [0.29, 0.717) is 13.1 Å². The van der Waals surface area contributed by atoms with Crippen LogP contribution in [0.2, 0.25) is 0 Å². The van der Waals surface area contributed by atoms with Gasteiger partial charge >= 0.3 is 0 Å². The van der Waals surface area contributed by atoms with E-state index in [-0.39, 0.29) is 13.2 Å². The smallest absolute Gasteiger partial charge is 0.0702 e. The average molecular weight is 221 g/mol. The topological polar surface area (TPSA) is 43.7 Å². The lowest BCUT2D eigenvalue weighted by Gasteiger charge is -2.25. The highest BCUT2D eigenvalue weighted by Crippen LogP contribution is 2.21. The molecule has 1 rings (SSSR count). The van der Waals surface area contributed by atoms with Crippen molar-refractivity contribution in [2.24, 2.45) is 0 Å². The van der Waals surface area contributed by atoms with Crippen LogP contribution in [0.25, 0.3) is 0 Å². The molecule has 88 valence electrons. The number of anilines is 1. The lowest BCUT2D eigenvalue weighted by Crippen LogP contribution is -2.27. The molecule has 0 saturated heterocycles. The van der Waals surface area contributed by atoms with Gasteiger partial charge in [0.25, 0.3) is 0 Å². The first-order chi connectivity index (χ1) is 7.72. The number of hydrogen-bond donors (Lipinski definition) is 2. The fraction of sp³-hybridized carbons (Fsp3) is 0.385. The van der Waals surface area contributed by atoms with Gasteiger partial charge < -0.3 is 15.1 Å². The van der Waals surface area contributed by atoms with Gasteiger partial charge in [0, 0.05) is 24.3 Å². The van der Waals surface area contributed by atoms with Gasteiger partial charge in [0.05, 0.1) is 13.2 Å². The lowest BCUT2D eigenvalue weighted by atomic mass is 10.1. The Morgan fingerprint density at radius 2 is 2.12 bits per heavy atom. The zero-order valence-corrected chi connectivity index (χ0v) is 9.69. The molecule has 0 aromatic heterocycles. The van der Waals surface area contributed by atoms with Crippen LogP contribution in [0.4, 0.5) is 5.69 Å². The molecule has 16 heavy (non-hydrogen) atoms. The maximum absolute atomic E-state index is 9.31. The second kappa shape index (κ2) is 6.30. The number of rotatable bonds is 6. The van der Waals surface area contributed by atoms with E-state index in [1.54, 1.807) is 6.08 Å². The summed E-state index contributed by atoms with van der Waals surface area (Å²) in [5, 5.41) is 18.3. The number of hydrogen-bond acceptors (Lipinski definition) is 3. The van der Waals surface area contributed by atoms with E-state index in [0.717, 1.165) is 16.8 Å². The molecule has 0 fully saturated rings. The van der Waals surface area contributed by atoms with Crippen molar-refractivity contribution in [3.63, 3.8) is 0 Å². The van der Waals surface area contributed by atoms with Crippen LogP contribution in [-0.2, 0) is 6.61 Å². The van der Waals surface area contributed by atoms with Crippen LogP contribution in [0, 0.1) is 6.92 Å². The van der Waals surface area contributed by atoms with Gasteiger partial charge in [-0.25, -0.2) is 0 Å². The largest absolute Gasteiger partial charge is 0.395 e. The molecule has 3 nitrogen and oxygen atoms in total. The van der Waals surface area contributed by atoms with Crippen molar-refractivity contribution in [1.29, 1.82) is 0 Å². The predicted molar refractivity (Wildman–Crippen MR) is 66.6 cm³/mol. The zero-order valence-electron chi connectivity index (χ0n) is 9.69. The van der Waals surface area contributed by atoms with E-state index in [2.05, 4.69) is 6.58 Å². The molecular weight excluding hydrogens is 202 g/mol. The lowest BCUT2D eigenvalue weighted by molar-refractivity contribution is 0.280. The molecule has 0 aliphatic heterocycles. The van der Waals surface area contributed by atoms with E-state index in [9.17, 15) is 5.11 Å². The molecule has 0 spiro atoms. The Hall–Kier alpha value is -1.32. The third-order valence-corrected chi connectivity index (χ3v) is 2.47. The van der Waals surface area contributed by atoms with Crippen LogP contribution < -0.4 is 4.90 Å². The molecule has 0 saturated carbocycles. The SMILES string of the molecule is C=CCN(CCO)c1ccc(C)cc1CO. The predicted octanol–water partition coefficient (Wildman–Crippen LogP) is 1.47. The highest BCUT2D eigenvalue weighted by atomic mass is 16.3. The minimum Gasteiger partial charge on any atom is -0.395 e. The molecule has 1 aromatic rings. The van der Waals surface area contributed by atoms with Gasteiger partial charge in [0.1, 0.15) is 0 Å². The third-order valence-electron chi connectivity index (χ3n) is 2.47. The molecule has 3 heteroatoms. The summed E-state index contributed by atoms with van der Waals surface area (Å²) in [6.45, 7) is 7.00. The van der Waals surface area contributed by atoms with Crippen molar-refractivity contribution in [2.75, 3.05) is 24.6 Å². The molecule has 1 aromatic carbocycles. The summed E-state index contributed by atoms with van der Waals surface area (Å²) >= 11 is 0. The fourth-order valence-corrected chi connectivity index (χ4v) is 1.74. The minimum atomic E-state index is 0.0100. The fourth-order valence-electron chi connectivity index (χ4n) is 1.74. The Bertz CT molecular complexity index is 350. The van der Waals surface area contributed by atoms with Crippen molar-refractivity contribution in [3.05, 3.63) is 42.0 Å². The number of nitrogens with zero attached hydrogens (tertiary/aromatic N) is 1. The van der Waals surface area contributed by atoms with Crippen LogP contribution >= 0.6 is 0 Å². The molecule has 0 unspecified atom stereocenters. The first kappa shape index (κ1) is 12.7. The number of aryl methyl sites for hydroxylation is 1. The van der Waals surface area contributed by atoms with Gasteiger partial charge in [-0.05, 0) is 13.0 Å². The van der Waals surface area contributed by atoms with E-state index in [4.69, 9.17) is 5.11 Å². The summed E-state index contributed by atoms with van der Waals surface area (Å²) in [5.41, 5.74) is 2.97. The van der Waals surface area contributed by atoms with Crippen LogP contribution in [0.15, 0.2) is 30.9 Å². The maximum atomic E-state index is 9.31. The van der Waals surface area contributed by atoms with Gasteiger partial charge in [-0.2, -0.15) is 0 Å². The van der Waals surface area contributed by atoms with Gasteiger partial charge in [0.2, 0.25) is 0 Å². The van der Waals surface area contributed by atoms with Gasteiger partial charge in [-0.3, -0.25) is 0 Å². The number of aliphatic hydroxyl groups excluding tert-OH is 2. The molecule has 2 N–H and O–H groups in total. The Labute approximate surface area is 96.6 Å². The Morgan fingerprint density at radius 3 is 2.69 bits per heavy atom. The summed E-state index contributed by atoms with van der Waals surface area (Å²) in [6, 6.07) is 5.94. The van der Waals surface area contributed by atoms with Gasteiger partial charge in [-0.15, -0.1) is 6.58 Å². The van der Waals surface area contributed by atoms with Crippen LogP contribution in [0.5, 0.6) is 0 Å². The summed E-state index contributed by atoms with van der Waals surface area (Å²) in [7, 11) is 0. The number of aliphatic hydroxyl groups is 2. The molecule has 0 bridgehead atoms. The maximum Gasteiger partial charge on any atom is 0.0702 e. The second-order valence-corrected chi connectivity index (χ2v) is 3.75. The molecule has 0 atom stereocenters. The average Bonchev–Trinajstić information content (AvgIpc) is 2.28. The normalized spacial score (nSPS) is 10.2. The van der Waals surface area contributed by atoms with E-state index in [1.165, 1.54) is 0 Å². The number of benzene rings is 1.